The van der Waals surface area contributed by atoms with Crippen LogP contribution in [0.2, 0.25) is 0 Å². The van der Waals surface area contributed by atoms with E-state index >= 15 is 0 Å². The number of aliphatic imine (C=N–C) groups is 1. The lowest BCUT2D eigenvalue weighted by atomic mass is 9.88. The van der Waals surface area contributed by atoms with Gasteiger partial charge in [0.1, 0.15) is 17.5 Å². The normalized spacial score (nSPS) is 20.8. The molecule has 0 aliphatic carbocycles. The Bertz CT molecular complexity index is 1360. The van der Waals surface area contributed by atoms with Crippen molar-refractivity contribution in [2.45, 2.75) is 50.0 Å². The zero-order chi connectivity index (χ0) is 23.9. The summed E-state index contributed by atoms with van der Waals surface area (Å²) in [4.78, 5) is 28.0. The summed E-state index contributed by atoms with van der Waals surface area (Å²) >= 11 is 0. The van der Waals surface area contributed by atoms with Crippen LogP contribution in [0.4, 0.5) is 0 Å². The molecule has 34 heavy (non-hydrogen) atoms. The third-order valence-electron chi connectivity index (χ3n) is 7.10. The molecule has 2 atom stereocenters. The summed E-state index contributed by atoms with van der Waals surface area (Å²) in [5.41, 5.74) is 2.67. The van der Waals surface area contributed by atoms with Crippen LogP contribution in [0, 0.1) is 5.92 Å². The summed E-state index contributed by atoms with van der Waals surface area (Å²) in [6, 6.07) is 10.2. The van der Waals surface area contributed by atoms with E-state index in [1.807, 2.05) is 31.0 Å². The Morgan fingerprint density at radius 3 is 2.74 bits per heavy atom. The van der Waals surface area contributed by atoms with Gasteiger partial charge in [-0.2, -0.15) is 0 Å². The van der Waals surface area contributed by atoms with Crippen LogP contribution >= 0.6 is 0 Å². The van der Waals surface area contributed by atoms with Gasteiger partial charge in [-0.05, 0) is 54.5 Å². The van der Waals surface area contributed by atoms with Gasteiger partial charge < -0.3 is 9.88 Å². The zero-order valence-corrected chi connectivity index (χ0v) is 20.2. The molecule has 1 aromatic carbocycles. The Labute approximate surface area is 199 Å². The highest BCUT2D eigenvalue weighted by Gasteiger charge is 2.35. The monoisotopic (exact) mass is 479 g/mol. The van der Waals surface area contributed by atoms with Gasteiger partial charge in [0.05, 0.1) is 4.90 Å². The van der Waals surface area contributed by atoms with Gasteiger partial charge in [-0.25, -0.2) is 13.4 Å². The molecule has 3 aromatic rings. The molecule has 0 bridgehead atoms. The molecule has 0 radical (unpaired) electrons. The van der Waals surface area contributed by atoms with Crippen molar-refractivity contribution in [3.8, 4) is 0 Å². The smallest absolute Gasteiger partial charge is 0.263 e. The Hall–Kier alpha value is -3.20. The van der Waals surface area contributed by atoms with Gasteiger partial charge in [0, 0.05) is 36.4 Å². The largest absolute Gasteiger partial charge is 0.346 e. The number of hydrogen-bond donors (Lipinski definition) is 2. The van der Waals surface area contributed by atoms with E-state index in [4.69, 9.17) is 4.99 Å². The summed E-state index contributed by atoms with van der Waals surface area (Å²) in [6.07, 6.45) is 6.32. The Morgan fingerprint density at radius 2 is 1.97 bits per heavy atom. The highest BCUT2D eigenvalue weighted by molar-refractivity contribution is 7.90. The minimum absolute atomic E-state index is 0.0188. The zero-order valence-electron chi connectivity index (χ0n) is 19.4. The number of fused-ring (bicyclic) bond motifs is 2. The van der Waals surface area contributed by atoms with Crippen LogP contribution < -0.4 is 4.72 Å². The molecule has 1 amide bonds. The number of amides is 1. The lowest BCUT2D eigenvalue weighted by Crippen LogP contribution is -2.45. The van der Waals surface area contributed by atoms with E-state index in [0.717, 1.165) is 30.3 Å². The molecule has 2 N–H and O–H groups in total. The summed E-state index contributed by atoms with van der Waals surface area (Å²) in [5.74, 6) is 0.568. The van der Waals surface area contributed by atoms with E-state index < -0.39 is 16.1 Å². The average molecular weight is 480 g/mol. The molecule has 1 fully saturated rings. The minimum atomic E-state index is -3.65. The average Bonchev–Trinajstić information content (AvgIpc) is 3.40. The number of carbonyl (C=O) groups is 1. The molecule has 0 saturated carbocycles. The van der Waals surface area contributed by atoms with Gasteiger partial charge in [0.15, 0.2) is 0 Å². The molecule has 5 rings (SSSR count). The number of nitrogens with one attached hydrogen (secondary N) is 2. The van der Waals surface area contributed by atoms with Crippen molar-refractivity contribution in [2.24, 2.45) is 10.9 Å². The first-order chi connectivity index (χ1) is 16.4. The second-order valence-corrected chi connectivity index (χ2v) is 10.8. The van der Waals surface area contributed by atoms with E-state index in [-0.39, 0.29) is 22.6 Å². The molecule has 2 aliphatic heterocycles. The van der Waals surface area contributed by atoms with Gasteiger partial charge in [-0.1, -0.05) is 32.4 Å². The van der Waals surface area contributed by atoms with E-state index in [0.29, 0.717) is 24.6 Å². The predicted octanol–water partition coefficient (Wildman–Crippen LogP) is 3.42. The lowest BCUT2D eigenvalue weighted by Gasteiger charge is -2.34. The number of carbonyl (C=O) groups excluding carboxylic acids is 1. The second kappa shape index (κ2) is 8.87. The number of nitrogens with zero attached hydrogens (tertiary/aromatic N) is 3. The number of benzene rings is 1. The van der Waals surface area contributed by atoms with Crippen LogP contribution in [0.5, 0.6) is 0 Å². The minimum Gasteiger partial charge on any atom is -0.346 e. The van der Waals surface area contributed by atoms with Gasteiger partial charge in [-0.3, -0.25) is 14.5 Å². The Kier molecular flexibility index (Phi) is 5.89. The van der Waals surface area contributed by atoms with Crippen molar-refractivity contribution in [1.82, 2.24) is 19.6 Å². The second-order valence-electron chi connectivity index (χ2n) is 9.15. The molecule has 178 valence electrons. The van der Waals surface area contributed by atoms with Crippen molar-refractivity contribution < 1.29 is 13.2 Å². The number of sulfonamides is 1. The van der Waals surface area contributed by atoms with E-state index in [2.05, 4.69) is 20.8 Å². The molecule has 4 heterocycles. The van der Waals surface area contributed by atoms with Crippen LogP contribution in [0.25, 0.3) is 11.0 Å². The van der Waals surface area contributed by atoms with Gasteiger partial charge in [-0.15, -0.1) is 0 Å². The molecule has 8 nitrogen and oxygen atoms in total. The number of piperidine rings is 1. The van der Waals surface area contributed by atoms with E-state index in [9.17, 15) is 13.2 Å². The Balaban J connectivity index is 1.35. The first kappa shape index (κ1) is 22.6. The lowest BCUT2D eigenvalue weighted by molar-refractivity contribution is -0.134. The molecular formula is C25H29N5O3S. The van der Waals surface area contributed by atoms with E-state index in [1.54, 1.807) is 30.5 Å². The first-order valence-corrected chi connectivity index (χ1v) is 13.3. The number of rotatable bonds is 5. The van der Waals surface area contributed by atoms with Gasteiger partial charge >= 0.3 is 0 Å². The molecule has 0 unspecified atom stereocenters. The maximum absolute atomic E-state index is 13.6. The summed E-state index contributed by atoms with van der Waals surface area (Å²) < 4.78 is 27.6. The first-order valence-electron chi connectivity index (χ1n) is 11.8. The number of hydrogen-bond acceptors (Lipinski definition) is 5. The van der Waals surface area contributed by atoms with Crippen LogP contribution in [-0.2, 0) is 14.8 Å². The van der Waals surface area contributed by atoms with Crippen LogP contribution in [0.15, 0.2) is 58.7 Å². The van der Waals surface area contributed by atoms with Crippen molar-refractivity contribution >= 4 is 32.8 Å². The van der Waals surface area contributed by atoms with Gasteiger partial charge in [0.25, 0.3) is 10.0 Å². The van der Waals surface area contributed by atoms with Crippen molar-refractivity contribution in [1.29, 1.82) is 0 Å². The molecule has 2 aliphatic rings. The fraction of sp³-hybridized carbons (Fsp3) is 0.400. The fourth-order valence-electron chi connectivity index (χ4n) is 4.93. The summed E-state index contributed by atoms with van der Waals surface area (Å²) in [7, 11) is -3.65. The molecule has 0 spiro atoms. The molecule has 2 aromatic heterocycles. The number of aromatic nitrogens is 2. The van der Waals surface area contributed by atoms with Crippen LogP contribution in [-0.4, -0.2) is 54.2 Å². The highest BCUT2D eigenvalue weighted by Crippen LogP contribution is 2.33. The number of H-pyrrole nitrogens is 1. The molecular weight excluding hydrogens is 450 g/mol. The molecule has 9 heteroatoms. The SMILES string of the molecule is CC[C@H](C)[C@H](N=C1NS(=O)(=O)c2ccccc21)C(=O)N1CCC(c2c[nH]c3ncccc23)CC1. The van der Waals surface area contributed by atoms with Gasteiger partial charge in [0.2, 0.25) is 5.91 Å². The van der Waals surface area contributed by atoms with E-state index in [1.165, 1.54) is 5.56 Å². The van der Waals surface area contributed by atoms with Crippen molar-refractivity contribution in [3.63, 3.8) is 0 Å². The quantitative estimate of drug-likeness (QED) is 0.585. The number of likely N-dealkylation sites (tertiary alicyclic amines) is 1. The molecule has 1 saturated heterocycles. The third-order valence-corrected chi connectivity index (χ3v) is 8.49. The van der Waals surface area contributed by atoms with Crippen LogP contribution in [0.1, 0.15) is 50.2 Å². The number of amidine groups is 1. The maximum Gasteiger partial charge on any atom is 0.263 e. The fourth-order valence-corrected chi connectivity index (χ4v) is 6.17. The van der Waals surface area contributed by atoms with Crippen molar-refractivity contribution in [3.05, 3.63) is 59.9 Å². The number of aromatic amines is 1. The highest BCUT2D eigenvalue weighted by atomic mass is 32.2. The summed E-state index contributed by atoms with van der Waals surface area (Å²) in [5, 5.41) is 1.14. The third kappa shape index (κ3) is 3.98. The van der Waals surface area contributed by atoms with Crippen LogP contribution in [0.3, 0.4) is 0 Å². The number of pyridine rings is 1. The standard InChI is InChI=1S/C25H29N5O3S/c1-3-16(2)22(28-24-19-7-4-5-9-21(19)34(32,33)29-24)25(31)30-13-10-17(11-14-30)20-15-27-23-18(20)8-6-12-26-23/h4-9,12,15-17,22H,3,10-11,13-14H2,1-2H3,(H,26,27)(H,28,29)/t16-,22-/m0/s1. The maximum atomic E-state index is 13.6. The topological polar surface area (TPSA) is 108 Å². The summed E-state index contributed by atoms with van der Waals surface area (Å²) in [6.45, 7) is 5.32. The predicted molar refractivity (Wildman–Crippen MR) is 131 cm³/mol. The Morgan fingerprint density at radius 1 is 1.21 bits per heavy atom. The van der Waals surface area contributed by atoms with Crippen molar-refractivity contribution in [2.75, 3.05) is 13.1 Å².